The molecule has 0 N–H and O–H groups in total. The van der Waals surface area contributed by atoms with E-state index >= 15 is 0 Å². The Morgan fingerprint density at radius 2 is 2.31 bits per heavy atom. The summed E-state index contributed by atoms with van der Waals surface area (Å²) in [7, 11) is 0. The van der Waals surface area contributed by atoms with Crippen LogP contribution in [0, 0.1) is 18.3 Å². The molecular weight excluding hydrogens is 204 g/mol. The third-order valence-corrected chi connectivity index (χ3v) is 3.09. The highest BCUT2D eigenvalue weighted by atomic mass is 35.5. The molecule has 0 atom stereocenters. The molecule has 2 rings (SSSR count). The van der Waals surface area contributed by atoms with Crippen molar-refractivity contribution in [2.24, 2.45) is 0 Å². The summed E-state index contributed by atoms with van der Waals surface area (Å²) in [6.07, 6.45) is 0. The number of halogens is 1. The van der Waals surface area contributed by atoms with Gasteiger partial charge in [0.05, 0.1) is 10.2 Å². The van der Waals surface area contributed by atoms with Gasteiger partial charge in [0.15, 0.2) is 5.01 Å². The molecule has 0 unspecified atom stereocenters. The second kappa shape index (κ2) is 2.99. The average Bonchev–Trinajstić information content (AvgIpc) is 2.48. The molecule has 0 saturated heterocycles. The van der Waals surface area contributed by atoms with Crippen LogP contribution in [0.4, 0.5) is 0 Å². The van der Waals surface area contributed by atoms with Crippen molar-refractivity contribution in [1.29, 1.82) is 5.26 Å². The van der Waals surface area contributed by atoms with E-state index in [1.165, 1.54) is 11.3 Å². The Morgan fingerprint density at radius 3 is 3.00 bits per heavy atom. The molecule has 0 aliphatic rings. The normalized spacial score (nSPS) is 10.2. The first kappa shape index (κ1) is 8.49. The maximum atomic E-state index is 8.64. The number of fused-ring (bicyclic) bond motifs is 1. The van der Waals surface area contributed by atoms with Crippen LogP contribution in [0.2, 0.25) is 5.02 Å². The summed E-state index contributed by atoms with van der Waals surface area (Å²) in [6, 6.07) is 5.77. The number of nitriles is 1. The van der Waals surface area contributed by atoms with Crippen molar-refractivity contribution in [3.05, 3.63) is 27.7 Å². The van der Waals surface area contributed by atoms with E-state index in [0.717, 1.165) is 20.8 Å². The molecule has 2 aromatic rings. The SMILES string of the molecule is Cc1cc2nc(C#N)sc2cc1Cl. The van der Waals surface area contributed by atoms with E-state index in [1.807, 2.05) is 25.1 Å². The summed E-state index contributed by atoms with van der Waals surface area (Å²) >= 11 is 7.30. The zero-order valence-electron chi connectivity index (χ0n) is 6.84. The van der Waals surface area contributed by atoms with Crippen LogP contribution in [0.25, 0.3) is 10.2 Å². The van der Waals surface area contributed by atoms with Gasteiger partial charge in [-0.2, -0.15) is 5.26 Å². The van der Waals surface area contributed by atoms with Crippen molar-refractivity contribution in [3.63, 3.8) is 0 Å². The standard InChI is InChI=1S/C9H5ClN2S/c1-5-2-7-8(3-6(5)10)13-9(4-11)12-7/h2-3H,1H3. The molecule has 1 aromatic heterocycles. The summed E-state index contributed by atoms with van der Waals surface area (Å²) < 4.78 is 0.965. The van der Waals surface area contributed by atoms with Crippen LogP contribution >= 0.6 is 22.9 Å². The number of nitrogens with zero attached hydrogens (tertiary/aromatic N) is 2. The number of benzene rings is 1. The molecule has 0 bridgehead atoms. The Kier molecular flexibility index (Phi) is 1.95. The third kappa shape index (κ3) is 1.39. The fourth-order valence-electron chi connectivity index (χ4n) is 1.10. The van der Waals surface area contributed by atoms with E-state index in [2.05, 4.69) is 4.98 Å². The molecule has 4 heteroatoms. The van der Waals surface area contributed by atoms with Gasteiger partial charge in [0.25, 0.3) is 0 Å². The van der Waals surface area contributed by atoms with Gasteiger partial charge in [-0.15, -0.1) is 11.3 Å². The van der Waals surface area contributed by atoms with Crippen molar-refractivity contribution < 1.29 is 0 Å². The van der Waals surface area contributed by atoms with Crippen LogP contribution in [0.1, 0.15) is 10.6 Å². The average molecular weight is 209 g/mol. The molecule has 1 heterocycles. The minimum absolute atomic E-state index is 0.483. The predicted octanol–water partition coefficient (Wildman–Crippen LogP) is 3.13. The molecule has 0 aliphatic heterocycles. The Bertz CT molecular complexity index is 471. The van der Waals surface area contributed by atoms with Crippen molar-refractivity contribution in [3.8, 4) is 6.07 Å². The fourth-order valence-corrected chi connectivity index (χ4v) is 2.11. The Balaban J connectivity index is 2.79. The van der Waals surface area contributed by atoms with Crippen LogP contribution in [-0.2, 0) is 0 Å². The lowest BCUT2D eigenvalue weighted by atomic mass is 10.2. The van der Waals surface area contributed by atoms with Crippen LogP contribution in [0.3, 0.4) is 0 Å². The van der Waals surface area contributed by atoms with Gasteiger partial charge in [-0.05, 0) is 24.6 Å². The number of rotatable bonds is 0. The monoisotopic (exact) mass is 208 g/mol. The molecule has 0 aliphatic carbocycles. The zero-order valence-corrected chi connectivity index (χ0v) is 8.41. The second-order valence-electron chi connectivity index (χ2n) is 2.70. The highest BCUT2D eigenvalue weighted by Crippen LogP contribution is 2.27. The molecule has 1 aromatic carbocycles. The maximum Gasteiger partial charge on any atom is 0.195 e. The highest BCUT2D eigenvalue weighted by molar-refractivity contribution is 7.19. The molecule has 64 valence electrons. The Labute approximate surface area is 84.4 Å². The molecule has 13 heavy (non-hydrogen) atoms. The predicted molar refractivity (Wildman–Crippen MR) is 54.1 cm³/mol. The lowest BCUT2D eigenvalue weighted by Gasteiger charge is -1.94. The summed E-state index contributed by atoms with van der Waals surface area (Å²) in [5, 5.41) is 9.85. The minimum atomic E-state index is 0.483. The molecule has 0 amide bonds. The van der Waals surface area contributed by atoms with Crippen molar-refractivity contribution >= 4 is 33.2 Å². The summed E-state index contributed by atoms with van der Waals surface area (Å²) in [6.45, 7) is 1.92. The molecule has 0 spiro atoms. The van der Waals surface area contributed by atoms with E-state index in [0.29, 0.717) is 5.01 Å². The highest BCUT2D eigenvalue weighted by Gasteiger charge is 2.05. The third-order valence-electron chi connectivity index (χ3n) is 1.76. The summed E-state index contributed by atoms with van der Waals surface area (Å²) in [4.78, 5) is 4.13. The quantitative estimate of drug-likeness (QED) is 0.667. The number of aromatic nitrogens is 1. The minimum Gasteiger partial charge on any atom is -0.226 e. The first-order valence-corrected chi connectivity index (χ1v) is 4.87. The molecule has 0 saturated carbocycles. The van der Waals surface area contributed by atoms with Crippen LogP contribution in [-0.4, -0.2) is 4.98 Å². The topological polar surface area (TPSA) is 36.7 Å². The van der Waals surface area contributed by atoms with Gasteiger partial charge < -0.3 is 0 Å². The van der Waals surface area contributed by atoms with Crippen molar-refractivity contribution in [2.75, 3.05) is 0 Å². The van der Waals surface area contributed by atoms with Crippen LogP contribution in [0.15, 0.2) is 12.1 Å². The number of thiazole rings is 1. The largest absolute Gasteiger partial charge is 0.226 e. The van der Waals surface area contributed by atoms with Gasteiger partial charge in [0.1, 0.15) is 6.07 Å². The van der Waals surface area contributed by atoms with Crippen molar-refractivity contribution in [2.45, 2.75) is 6.92 Å². The van der Waals surface area contributed by atoms with Gasteiger partial charge in [-0.1, -0.05) is 11.6 Å². The zero-order chi connectivity index (χ0) is 9.42. The molecule has 2 nitrogen and oxygen atoms in total. The maximum absolute atomic E-state index is 8.64. The van der Waals surface area contributed by atoms with Crippen molar-refractivity contribution in [1.82, 2.24) is 4.98 Å². The summed E-state index contributed by atoms with van der Waals surface area (Å²) in [5.41, 5.74) is 1.84. The number of aryl methyl sites for hydroxylation is 1. The lowest BCUT2D eigenvalue weighted by Crippen LogP contribution is -1.75. The molecule has 0 fully saturated rings. The Morgan fingerprint density at radius 1 is 1.54 bits per heavy atom. The second-order valence-corrected chi connectivity index (χ2v) is 4.14. The van der Waals surface area contributed by atoms with Gasteiger partial charge in [-0.3, -0.25) is 0 Å². The number of hydrogen-bond acceptors (Lipinski definition) is 3. The molecule has 0 radical (unpaired) electrons. The van der Waals surface area contributed by atoms with Gasteiger partial charge in [0, 0.05) is 5.02 Å². The number of hydrogen-bond donors (Lipinski definition) is 0. The van der Waals surface area contributed by atoms with Gasteiger partial charge >= 0.3 is 0 Å². The van der Waals surface area contributed by atoms with Crippen LogP contribution in [0.5, 0.6) is 0 Å². The first-order chi connectivity index (χ1) is 6.20. The van der Waals surface area contributed by atoms with E-state index < -0.39 is 0 Å². The van der Waals surface area contributed by atoms with Gasteiger partial charge in [0.2, 0.25) is 0 Å². The first-order valence-electron chi connectivity index (χ1n) is 3.67. The smallest absolute Gasteiger partial charge is 0.195 e. The van der Waals surface area contributed by atoms with E-state index in [4.69, 9.17) is 16.9 Å². The van der Waals surface area contributed by atoms with E-state index in [9.17, 15) is 0 Å². The fraction of sp³-hybridized carbons (Fsp3) is 0.111. The van der Waals surface area contributed by atoms with Crippen LogP contribution < -0.4 is 0 Å². The van der Waals surface area contributed by atoms with E-state index in [-0.39, 0.29) is 0 Å². The van der Waals surface area contributed by atoms with Gasteiger partial charge in [-0.25, -0.2) is 4.98 Å². The summed E-state index contributed by atoms with van der Waals surface area (Å²) in [5.74, 6) is 0. The lowest BCUT2D eigenvalue weighted by molar-refractivity contribution is 1.39. The molecular formula is C9H5ClN2S. The van der Waals surface area contributed by atoms with E-state index in [1.54, 1.807) is 0 Å². The Hall–Kier alpha value is -1.11.